The van der Waals surface area contributed by atoms with Crippen LogP contribution in [0.5, 0.6) is 0 Å². The predicted molar refractivity (Wildman–Crippen MR) is 79.5 cm³/mol. The summed E-state index contributed by atoms with van der Waals surface area (Å²) in [4.78, 5) is 11.0. The van der Waals surface area contributed by atoms with E-state index in [0.29, 0.717) is 17.7 Å². The molecule has 0 amide bonds. The lowest BCUT2D eigenvalue weighted by atomic mass is 9.80. The van der Waals surface area contributed by atoms with Crippen LogP contribution in [0.25, 0.3) is 0 Å². The highest BCUT2D eigenvalue weighted by molar-refractivity contribution is 6.30. The van der Waals surface area contributed by atoms with Crippen LogP contribution in [0, 0.1) is 0 Å². The summed E-state index contributed by atoms with van der Waals surface area (Å²) in [7, 11) is 0. The molecule has 104 valence electrons. The molecule has 0 bridgehead atoms. The first kappa shape index (κ1) is 14.7. The van der Waals surface area contributed by atoms with Crippen LogP contribution < -0.4 is 5.73 Å². The zero-order valence-corrected chi connectivity index (χ0v) is 11.6. The molecule has 0 heterocycles. The van der Waals surface area contributed by atoms with Crippen LogP contribution in [0.3, 0.4) is 0 Å². The fraction of sp³-hybridized carbons (Fsp3) is 0.188. The van der Waals surface area contributed by atoms with Gasteiger partial charge in [-0.1, -0.05) is 54.1 Å². The van der Waals surface area contributed by atoms with Crippen molar-refractivity contribution >= 4 is 17.9 Å². The fourth-order valence-corrected chi connectivity index (χ4v) is 2.31. The standard InChI is InChI=1S/C16H16ClNO2/c17-14-8-6-12(7-9-14)10-16(18,15(20)11-19)13-4-2-1-3-5-13/h1-9,11,15,20H,10,18H2. The Morgan fingerprint density at radius 1 is 1.15 bits per heavy atom. The van der Waals surface area contributed by atoms with Crippen LogP contribution in [0.4, 0.5) is 0 Å². The Hall–Kier alpha value is -1.68. The van der Waals surface area contributed by atoms with Crippen molar-refractivity contribution in [3.8, 4) is 0 Å². The van der Waals surface area contributed by atoms with Gasteiger partial charge < -0.3 is 15.6 Å². The highest BCUT2D eigenvalue weighted by Gasteiger charge is 2.35. The van der Waals surface area contributed by atoms with Gasteiger partial charge in [0.15, 0.2) is 6.29 Å². The number of aliphatic hydroxyl groups excluding tert-OH is 1. The van der Waals surface area contributed by atoms with E-state index in [0.717, 1.165) is 11.1 Å². The largest absolute Gasteiger partial charge is 0.383 e. The average molecular weight is 290 g/mol. The zero-order valence-electron chi connectivity index (χ0n) is 10.9. The minimum Gasteiger partial charge on any atom is -0.383 e. The lowest BCUT2D eigenvalue weighted by Gasteiger charge is -2.32. The normalized spacial score (nSPS) is 15.3. The third kappa shape index (κ3) is 3.07. The van der Waals surface area contributed by atoms with Gasteiger partial charge in [0.2, 0.25) is 0 Å². The Kier molecular flexibility index (Phi) is 4.55. The molecule has 0 aromatic heterocycles. The molecule has 0 radical (unpaired) electrons. The maximum Gasteiger partial charge on any atom is 0.150 e. The van der Waals surface area contributed by atoms with E-state index in [4.69, 9.17) is 17.3 Å². The molecule has 2 aromatic carbocycles. The molecule has 0 spiro atoms. The molecule has 2 atom stereocenters. The van der Waals surface area contributed by atoms with Crippen molar-refractivity contribution in [2.75, 3.05) is 0 Å². The van der Waals surface area contributed by atoms with Crippen molar-refractivity contribution in [2.24, 2.45) is 5.73 Å². The van der Waals surface area contributed by atoms with E-state index < -0.39 is 11.6 Å². The molecule has 2 rings (SSSR count). The van der Waals surface area contributed by atoms with Crippen LogP contribution in [0.1, 0.15) is 11.1 Å². The van der Waals surface area contributed by atoms with E-state index in [2.05, 4.69) is 0 Å². The van der Waals surface area contributed by atoms with Gasteiger partial charge in [0.1, 0.15) is 6.10 Å². The predicted octanol–water partition coefficient (Wildman–Crippen LogP) is 2.30. The molecule has 4 heteroatoms. The summed E-state index contributed by atoms with van der Waals surface area (Å²) in [5.74, 6) is 0. The molecule has 2 unspecified atom stereocenters. The fourth-order valence-electron chi connectivity index (χ4n) is 2.19. The highest BCUT2D eigenvalue weighted by atomic mass is 35.5. The van der Waals surface area contributed by atoms with Gasteiger partial charge in [-0.3, -0.25) is 0 Å². The molecule has 3 N–H and O–H groups in total. The van der Waals surface area contributed by atoms with Gasteiger partial charge in [0, 0.05) is 5.02 Å². The highest BCUT2D eigenvalue weighted by Crippen LogP contribution is 2.27. The molecular formula is C16H16ClNO2. The number of aldehydes is 1. The third-order valence-electron chi connectivity index (χ3n) is 3.38. The summed E-state index contributed by atoms with van der Waals surface area (Å²) in [6.45, 7) is 0. The SMILES string of the molecule is NC(Cc1ccc(Cl)cc1)(c1ccccc1)C(O)C=O. The Morgan fingerprint density at radius 3 is 2.30 bits per heavy atom. The molecule has 0 aliphatic rings. The number of carbonyl (C=O) groups is 1. The average Bonchev–Trinajstić information content (AvgIpc) is 2.49. The Morgan fingerprint density at radius 2 is 1.75 bits per heavy atom. The summed E-state index contributed by atoms with van der Waals surface area (Å²) >= 11 is 5.85. The van der Waals surface area contributed by atoms with E-state index in [1.165, 1.54) is 0 Å². The van der Waals surface area contributed by atoms with Crippen LogP contribution in [0.2, 0.25) is 5.02 Å². The number of halogens is 1. The number of hydrogen-bond acceptors (Lipinski definition) is 3. The number of aliphatic hydroxyl groups is 1. The second kappa shape index (κ2) is 6.18. The first-order valence-corrected chi connectivity index (χ1v) is 6.66. The molecule has 0 fully saturated rings. The number of nitrogens with two attached hydrogens (primary N) is 1. The molecule has 0 aliphatic carbocycles. The molecule has 3 nitrogen and oxygen atoms in total. The number of rotatable bonds is 5. The van der Waals surface area contributed by atoms with Gasteiger partial charge in [0.25, 0.3) is 0 Å². The Labute approximate surface area is 123 Å². The topological polar surface area (TPSA) is 63.3 Å². The van der Waals surface area contributed by atoms with Gasteiger partial charge >= 0.3 is 0 Å². The Bertz CT molecular complexity index is 571. The molecule has 0 saturated carbocycles. The van der Waals surface area contributed by atoms with Crippen LogP contribution in [-0.2, 0) is 16.8 Å². The summed E-state index contributed by atoms with van der Waals surface area (Å²) in [5, 5.41) is 10.7. The van der Waals surface area contributed by atoms with Gasteiger partial charge in [-0.2, -0.15) is 0 Å². The minimum absolute atomic E-state index is 0.341. The van der Waals surface area contributed by atoms with Gasteiger partial charge in [-0.25, -0.2) is 0 Å². The Balaban J connectivity index is 2.37. The second-order valence-electron chi connectivity index (χ2n) is 4.79. The van der Waals surface area contributed by atoms with Crippen molar-refractivity contribution in [1.29, 1.82) is 0 Å². The van der Waals surface area contributed by atoms with Crippen LogP contribution in [0.15, 0.2) is 54.6 Å². The first-order valence-electron chi connectivity index (χ1n) is 6.28. The summed E-state index contributed by atoms with van der Waals surface area (Å²) < 4.78 is 0. The van der Waals surface area contributed by atoms with Crippen LogP contribution in [-0.4, -0.2) is 17.5 Å². The number of benzene rings is 2. The monoisotopic (exact) mass is 289 g/mol. The molecule has 2 aromatic rings. The number of hydrogen-bond donors (Lipinski definition) is 2. The molecular weight excluding hydrogens is 274 g/mol. The molecule has 0 aliphatic heterocycles. The van der Waals surface area contributed by atoms with Crippen molar-refractivity contribution in [2.45, 2.75) is 18.1 Å². The van der Waals surface area contributed by atoms with Gasteiger partial charge in [-0.15, -0.1) is 0 Å². The maximum atomic E-state index is 11.0. The van der Waals surface area contributed by atoms with E-state index in [-0.39, 0.29) is 0 Å². The quantitative estimate of drug-likeness (QED) is 0.830. The van der Waals surface area contributed by atoms with Crippen molar-refractivity contribution < 1.29 is 9.90 Å². The lowest BCUT2D eigenvalue weighted by Crippen LogP contribution is -2.50. The molecule has 0 saturated heterocycles. The van der Waals surface area contributed by atoms with Crippen molar-refractivity contribution in [3.05, 3.63) is 70.7 Å². The van der Waals surface area contributed by atoms with Crippen molar-refractivity contribution in [3.63, 3.8) is 0 Å². The van der Waals surface area contributed by atoms with E-state index in [1.54, 1.807) is 12.1 Å². The van der Waals surface area contributed by atoms with Crippen LogP contribution >= 0.6 is 11.6 Å². The maximum absolute atomic E-state index is 11.0. The van der Waals surface area contributed by atoms with Gasteiger partial charge in [-0.05, 0) is 29.7 Å². The van der Waals surface area contributed by atoms with E-state index in [1.807, 2.05) is 42.5 Å². The van der Waals surface area contributed by atoms with E-state index in [9.17, 15) is 9.90 Å². The van der Waals surface area contributed by atoms with Gasteiger partial charge in [0.05, 0.1) is 5.54 Å². The van der Waals surface area contributed by atoms with Crippen molar-refractivity contribution in [1.82, 2.24) is 0 Å². The summed E-state index contributed by atoms with van der Waals surface area (Å²) in [6, 6.07) is 16.3. The number of carbonyl (C=O) groups excluding carboxylic acids is 1. The second-order valence-corrected chi connectivity index (χ2v) is 5.23. The molecule has 20 heavy (non-hydrogen) atoms. The smallest absolute Gasteiger partial charge is 0.150 e. The summed E-state index contributed by atoms with van der Waals surface area (Å²) in [5.41, 5.74) is 6.79. The summed E-state index contributed by atoms with van der Waals surface area (Å²) in [6.07, 6.45) is -0.461. The third-order valence-corrected chi connectivity index (χ3v) is 3.63. The minimum atomic E-state index is -1.28. The van der Waals surface area contributed by atoms with E-state index >= 15 is 0 Å². The lowest BCUT2D eigenvalue weighted by molar-refractivity contribution is -0.118. The zero-order chi connectivity index (χ0) is 14.6. The first-order chi connectivity index (χ1) is 9.56.